The highest BCUT2D eigenvalue weighted by Gasteiger charge is 2.19. The molecule has 0 amide bonds. The average Bonchev–Trinajstić information content (AvgIpc) is 2.76. The summed E-state index contributed by atoms with van der Waals surface area (Å²) in [6.07, 6.45) is 3.87. The van der Waals surface area contributed by atoms with Crippen LogP contribution in [-0.4, -0.2) is 10.8 Å². The molecule has 114 valence electrons. The van der Waals surface area contributed by atoms with Crippen molar-refractivity contribution in [2.24, 2.45) is 4.99 Å². The number of hydrogen-bond donors (Lipinski definition) is 0. The Bertz CT molecular complexity index is 745. The lowest BCUT2D eigenvalue weighted by atomic mass is 9.96. The molecule has 0 aliphatic heterocycles. The average molecular weight is 292 g/mol. The summed E-state index contributed by atoms with van der Waals surface area (Å²) in [4.78, 5) is 4.43. The van der Waals surface area contributed by atoms with Gasteiger partial charge in [0, 0.05) is 41.0 Å². The van der Waals surface area contributed by atoms with Crippen LogP contribution in [0.3, 0.4) is 0 Å². The van der Waals surface area contributed by atoms with Crippen molar-refractivity contribution < 1.29 is 0 Å². The summed E-state index contributed by atoms with van der Waals surface area (Å²) in [5.74, 6) is 0. The topological polar surface area (TPSA) is 17.3 Å². The summed E-state index contributed by atoms with van der Waals surface area (Å²) in [6, 6.07) is 8.45. The van der Waals surface area contributed by atoms with Crippen LogP contribution < -0.4 is 0 Å². The van der Waals surface area contributed by atoms with E-state index < -0.39 is 0 Å². The molecule has 0 N–H and O–H groups in total. The Morgan fingerprint density at radius 1 is 1.27 bits per heavy atom. The Hall–Kier alpha value is -2.35. The summed E-state index contributed by atoms with van der Waals surface area (Å²) in [5, 5.41) is 0. The number of aliphatic imine (C=N–C) groups is 1. The van der Waals surface area contributed by atoms with Gasteiger partial charge in [0.25, 0.3) is 0 Å². The van der Waals surface area contributed by atoms with E-state index in [-0.39, 0.29) is 0 Å². The lowest BCUT2D eigenvalue weighted by molar-refractivity contribution is 0.736. The highest BCUT2D eigenvalue weighted by atomic mass is 15.0. The van der Waals surface area contributed by atoms with Gasteiger partial charge in [-0.05, 0) is 44.9 Å². The third-order valence-electron chi connectivity index (χ3n) is 3.95. The van der Waals surface area contributed by atoms with Crippen LogP contribution in [0.2, 0.25) is 0 Å². The van der Waals surface area contributed by atoms with E-state index >= 15 is 0 Å². The number of aromatic nitrogens is 1. The lowest BCUT2D eigenvalue weighted by Crippen LogP contribution is -1.99. The number of aryl methyl sites for hydroxylation is 1. The minimum atomic E-state index is 0.805. The second-order valence-corrected chi connectivity index (χ2v) is 5.52. The van der Waals surface area contributed by atoms with Crippen molar-refractivity contribution in [2.75, 3.05) is 0 Å². The molecule has 2 heteroatoms. The monoisotopic (exact) mass is 292 g/mol. The quantitative estimate of drug-likeness (QED) is 0.658. The van der Waals surface area contributed by atoms with Crippen molar-refractivity contribution in [1.82, 2.24) is 4.57 Å². The highest BCUT2D eigenvalue weighted by molar-refractivity contribution is 5.96. The minimum Gasteiger partial charge on any atom is -0.344 e. The first-order chi connectivity index (χ1) is 10.5. The molecule has 0 saturated carbocycles. The van der Waals surface area contributed by atoms with Crippen LogP contribution in [0, 0.1) is 13.8 Å². The minimum absolute atomic E-state index is 0.805. The van der Waals surface area contributed by atoms with Crippen molar-refractivity contribution in [1.29, 1.82) is 0 Å². The molecular formula is C20H24N2. The number of hydrogen-bond acceptors (Lipinski definition) is 1. The molecule has 0 atom stereocenters. The number of allylic oxidation sites excluding steroid dienone is 1. The maximum Gasteiger partial charge on any atom is 0.0489 e. The molecule has 2 rings (SSSR count). The largest absolute Gasteiger partial charge is 0.344 e. The molecule has 22 heavy (non-hydrogen) atoms. The lowest BCUT2D eigenvalue weighted by Gasteiger charge is -2.09. The molecular weight excluding hydrogens is 268 g/mol. The maximum absolute atomic E-state index is 4.43. The van der Waals surface area contributed by atoms with Crippen LogP contribution in [0.4, 0.5) is 0 Å². The van der Waals surface area contributed by atoms with Gasteiger partial charge in [0.2, 0.25) is 0 Å². The standard InChI is InChI=1S/C20H24N2/c1-7-19-20(17-12-10-9-11-15(17)5)18(13-21-14(3)4)16(6)22(19)8-2/h7,9-13H,1,3,8H2,2,4-6H3. The molecule has 0 aliphatic carbocycles. The van der Waals surface area contributed by atoms with Crippen molar-refractivity contribution in [3.63, 3.8) is 0 Å². The second-order valence-electron chi connectivity index (χ2n) is 5.52. The first-order valence-corrected chi connectivity index (χ1v) is 7.62. The molecule has 1 aromatic carbocycles. The van der Waals surface area contributed by atoms with Crippen LogP contribution in [-0.2, 0) is 6.54 Å². The fourth-order valence-corrected chi connectivity index (χ4v) is 2.87. The molecule has 0 bridgehead atoms. The van der Waals surface area contributed by atoms with Gasteiger partial charge in [-0.1, -0.05) is 37.4 Å². The van der Waals surface area contributed by atoms with E-state index in [1.165, 1.54) is 22.4 Å². The van der Waals surface area contributed by atoms with Gasteiger partial charge in [-0.3, -0.25) is 4.99 Å². The van der Waals surface area contributed by atoms with E-state index in [0.29, 0.717) is 0 Å². The Kier molecular flexibility index (Phi) is 4.81. The van der Waals surface area contributed by atoms with Crippen LogP contribution in [0.25, 0.3) is 17.2 Å². The zero-order valence-corrected chi connectivity index (χ0v) is 14.0. The van der Waals surface area contributed by atoms with Gasteiger partial charge in [0.15, 0.2) is 0 Å². The molecule has 0 aliphatic rings. The fraction of sp³-hybridized carbons (Fsp3) is 0.250. The van der Waals surface area contributed by atoms with E-state index in [9.17, 15) is 0 Å². The molecule has 0 spiro atoms. The molecule has 0 unspecified atom stereocenters. The zero-order valence-electron chi connectivity index (χ0n) is 14.0. The Morgan fingerprint density at radius 2 is 1.95 bits per heavy atom. The van der Waals surface area contributed by atoms with Gasteiger partial charge in [0.05, 0.1) is 0 Å². The van der Waals surface area contributed by atoms with E-state index in [1.54, 1.807) is 0 Å². The van der Waals surface area contributed by atoms with Gasteiger partial charge >= 0.3 is 0 Å². The zero-order chi connectivity index (χ0) is 16.3. The number of benzene rings is 1. The normalized spacial score (nSPS) is 11.1. The predicted molar refractivity (Wildman–Crippen MR) is 97.5 cm³/mol. The Labute approximate surface area is 133 Å². The van der Waals surface area contributed by atoms with Gasteiger partial charge in [-0.25, -0.2) is 0 Å². The van der Waals surface area contributed by atoms with Crippen LogP contribution in [0.5, 0.6) is 0 Å². The predicted octanol–water partition coefficient (Wildman–Crippen LogP) is 5.39. The van der Waals surface area contributed by atoms with Crippen LogP contribution >= 0.6 is 0 Å². The Morgan fingerprint density at radius 3 is 2.50 bits per heavy atom. The van der Waals surface area contributed by atoms with E-state index in [1.807, 2.05) is 19.2 Å². The van der Waals surface area contributed by atoms with E-state index in [0.717, 1.165) is 23.5 Å². The van der Waals surface area contributed by atoms with Crippen molar-refractivity contribution in [3.05, 3.63) is 65.6 Å². The Balaban J connectivity index is 2.82. The molecule has 2 aromatic rings. The van der Waals surface area contributed by atoms with Gasteiger partial charge in [-0.2, -0.15) is 0 Å². The second kappa shape index (κ2) is 6.61. The molecule has 0 saturated heterocycles. The molecule has 2 nitrogen and oxygen atoms in total. The third kappa shape index (κ3) is 2.82. The van der Waals surface area contributed by atoms with Crippen LogP contribution in [0.1, 0.15) is 36.4 Å². The number of nitrogens with zero attached hydrogens (tertiary/aromatic N) is 2. The number of rotatable bonds is 5. The summed E-state index contributed by atoms with van der Waals surface area (Å²) in [6.45, 7) is 17.1. The summed E-state index contributed by atoms with van der Waals surface area (Å²) < 4.78 is 2.29. The molecule has 0 fully saturated rings. The molecule has 1 heterocycles. The van der Waals surface area contributed by atoms with Crippen molar-refractivity contribution in [2.45, 2.75) is 34.2 Å². The first-order valence-electron chi connectivity index (χ1n) is 7.62. The third-order valence-corrected chi connectivity index (χ3v) is 3.95. The van der Waals surface area contributed by atoms with Gasteiger partial charge in [0.1, 0.15) is 0 Å². The first kappa shape index (κ1) is 16.0. The fourth-order valence-electron chi connectivity index (χ4n) is 2.87. The summed E-state index contributed by atoms with van der Waals surface area (Å²) >= 11 is 0. The molecule has 0 radical (unpaired) electrons. The van der Waals surface area contributed by atoms with E-state index in [4.69, 9.17) is 0 Å². The van der Waals surface area contributed by atoms with Gasteiger partial charge < -0.3 is 4.57 Å². The van der Waals surface area contributed by atoms with Crippen molar-refractivity contribution in [3.8, 4) is 11.1 Å². The smallest absolute Gasteiger partial charge is 0.0489 e. The van der Waals surface area contributed by atoms with E-state index in [2.05, 4.69) is 67.8 Å². The SMILES string of the molecule is C=Cc1c(-c2ccccc2C)c(C=NC(=C)C)c(C)n1CC. The summed E-state index contributed by atoms with van der Waals surface area (Å²) in [7, 11) is 0. The summed E-state index contributed by atoms with van der Waals surface area (Å²) in [5.41, 5.74) is 8.00. The molecule has 1 aromatic heterocycles. The van der Waals surface area contributed by atoms with Crippen molar-refractivity contribution >= 4 is 12.3 Å². The van der Waals surface area contributed by atoms with Crippen LogP contribution in [0.15, 0.2) is 48.1 Å². The van der Waals surface area contributed by atoms with Gasteiger partial charge in [-0.15, -0.1) is 0 Å². The highest BCUT2D eigenvalue weighted by Crippen LogP contribution is 2.34. The maximum atomic E-state index is 4.43.